The van der Waals surface area contributed by atoms with Crippen LogP contribution in [-0.2, 0) is 16.1 Å². The van der Waals surface area contributed by atoms with Crippen molar-refractivity contribution >= 4 is 28.9 Å². The summed E-state index contributed by atoms with van der Waals surface area (Å²) >= 11 is 0. The highest BCUT2D eigenvalue weighted by molar-refractivity contribution is 5.91. The van der Waals surface area contributed by atoms with Gasteiger partial charge < -0.3 is 19.5 Å². The minimum atomic E-state index is -0.983. The molecule has 1 unspecified atom stereocenters. The van der Waals surface area contributed by atoms with Crippen LogP contribution in [0.25, 0.3) is 17.0 Å². The quantitative estimate of drug-likeness (QED) is 0.503. The van der Waals surface area contributed by atoms with Gasteiger partial charge in [-0.3, -0.25) is 19.4 Å². The normalized spacial score (nSPS) is 16.1. The molecule has 1 aliphatic rings. The Kier molecular flexibility index (Phi) is 7.30. The summed E-state index contributed by atoms with van der Waals surface area (Å²) in [6, 6.07) is 14.6. The lowest BCUT2D eigenvalue weighted by atomic mass is 10.0. The molecule has 4 rings (SSSR count). The van der Waals surface area contributed by atoms with E-state index in [4.69, 9.17) is 4.74 Å². The molecule has 2 heterocycles. The molecule has 1 fully saturated rings. The average molecular weight is 464 g/mol. The highest BCUT2D eigenvalue weighted by Gasteiger charge is 2.33. The van der Waals surface area contributed by atoms with Gasteiger partial charge in [-0.1, -0.05) is 42.5 Å². The van der Waals surface area contributed by atoms with Gasteiger partial charge in [-0.15, -0.1) is 0 Å². The highest BCUT2D eigenvalue weighted by atomic mass is 16.5. The Morgan fingerprint density at radius 3 is 2.44 bits per heavy atom. The molecule has 8 heteroatoms. The van der Waals surface area contributed by atoms with Crippen LogP contribution < -0.4 is 4.74 Å². The molecule has 0 spiro atoms. The minimum Gasteiger partial charge on any atom is -0.497 e. The number of carbonyl (C=O) groups is 2. The minimum absolute atomic E-state index is 0.239. The van der Waals surface area contributed by atoms with Crippen LogP contribution in [0.2, 0.25) is 0 Å². The number of hydrogen-bond acceptors (Lipinski definition) is 5. The zero-order valence-corrected chi connectivity index (χ0v) is 19.1. The SMILES string of the molecule is COc1ccc2c(c1)c(C(C(=O)O)N1CCN(C/C=C/c3ccccc3)CC1)cn2CC(=O)O. The molecule has 2 aromatic carbocycles. The number of carboxylic acids is 2. The first-order chi connectivity index (χ1) is 16.5. The number of benzene rings is 2. The Morgan fingerprint density at radius 2 is 1.79 bits per heavy atom. The van der Waals surface area contributed by atoms with E-state index in [0.29, 0.717) is 35.3 Å². The van der Waals surface area contributed by atoms with Gasteiger partial charge in [0.1, 0.15) is 18.3 Å². The molecular formula is C26H29N3O5. The van der Waals surface area contributed by atoms with E-state index in [1.807, 2.05) is 23.1 Å². The predicted octanol–water partition coefficient (Wildman–Crippen LogP) is 3.19. The number of nitrogens with zero attached hydrogens (tertiary/aromatic N) is 3. The number of methoxy groups -OCH3 is 1. The monoisotopic (exact) mass is 463 g/mol. The Hall–Kier alpha value is -3.62. The maximum absolute atomic E-state index is 12.4. The fourth-order valence-corrected chi connectivity index (χ4v) is 4.52. The molecule has 8 nitrogen and oxygen atoms in total. The summed E-state index contributed by atoms with van der Waals surface area (Å²) in [5.41, 5.74) is 2.41. The highest BCUT2D eigenvalue weighted by Crippen LogP contribution is 2.33. The Morgan fingerprint density at radius 1 is 1.06 bits per heavy atom. The third-order valence-electron chi connectivity index (χ3n) is 6.20. The molecule has 0 aliphatic carbocycles. The topological polar surface area (TPSA) is 95.2 Å². The number of aromatic nitrogens is 1. The largest absolute Gasteiger partial charge is 0.497 e. The number of ether oxygens (including phenoxy) is 1. The second-order valence-electron chi connectivity index (χ2n) is 8.38. The van der Waals surface area contributed by atoms with E-state index in [2.05, 4.69) is 29.2 Å². The van der Waals surface area contributed by atoms with Crippen LogP contribution in [-0.4, -0.2) is 76.4 Å². The predicted molar refractivity (Wildman–Crippen MR) is 130 cm³/mol. The maximum atomic E-state index is 12.4. The molecule has 1 aliphatic heterocycles. The van der Waals surface area contributed by atoms with E-state index in [9.17, 15) is 19.8 Å². The molecule has 2 N–H and O–H groups in total. The smallest absolute Gasteiger partial charge is 0.325 e. The molecule has 1 saturated heterocycles. The lowest BCUT2D eigenvalue weighted by Crippen LogP contribution is -2.49. The molecular weight excluding hydrogens is 434 g/mol. The van der Waals surface area contributed by atoms with Crippen molar-refractivity contribution in [1.29, 1.82) is 0 Å². The van der Waals surface area contributed by atoms with Crippen molar-refractivity contribution in [3.63, 3.8) is 0 Å². The second kappa shape index (κ2) is 10.5. The molecule has 3 aromatic rings. The van der Waals surface area contributed by atoms with Gasteiger partial charge in [0.2, 0.25) is 0 Å². The molecule has 0 radical (unpaired) electrons. The number of hydrogen-bond donors (Lipinski definition) is 2. The van der Waals surface area contributed by atoms with Crippen molar-refractivity contribution in [2.45, 2.75) is 12.6 Å². The zero-order chi connectivity index (χ0) is 24.1. The molecule has 1 aromatic heterocycles. The van der Waals surface area contributed by atoms with Crippen LogP contribution in [0.5, 0.6) is 5.75 Å². The molecule has 178 valence electrons. The fourth-order valence-electron chi connectivity index (χ4n) is 4.52. The molecule has 0 saturated carbocycles. The standard InChI is InChI=1S/C26H29N3O5/c1-34-20-9-10-23-21(16-20)22(17-29(23)18-24(30)31)25(26(32)33)28-14-12-27(13-15-28)11-5-8-19-6-3-2-4-7-19/h2-10,16-17,25H,11-15,18H2,1H3,(H,30,31)(H,32,33)/b8-5+. The van der Waals surface area contributed by atoms with Gasteiger partial charge >= 0.3 is 11.9 Å². The number of fused-ring (bicyclic) bond motifs is 1. The Balaban J connectivity index is 1.52. The third-order valence-corrected chi connectivity index (χ3v) is 6.20. The summed E-state index contributed by atoms with van der Waals surface area (Å²) in [6.45, 7) is 3.27. The first-order valence-corrected chi connectivity index (χ1v) is 11.3. The van der Waals surface area contributed by atoms with E-state index in [1.54, 1.807) is 36.1 Å². The van der Waals surface area contributed by atoms with E-state index >= 15 is 0 Å². The van der Waals surface area contributed by atoms with Gasteiger partial charge in [0.25, 0.3) is 0 Å². The summed E-state index contributed by atoms with van der Waals surface area (Å²) in [5, 5.41) is 20.2. The molecule has 1 atom stereocenters. The van der Waals surface area contributed by atoms with Gasteiger partial charge in [0, 0.05) is 55.4 Å². The second-order valence-corrected chi connectivity index (χ2v) is 8.38. The van der Waals surface area contributed by atoms with Crippen molar-refractivity contribution in [3.05, 3.63) is 71.9 Å². The molecule has 0 bridgehead atoms. The number of piperazine rings is 1. The van der Waals surface area contributed by atoms with Crippen LogP contribution in [0.15, 0.2) is 60.8 Å². The lowest BCUT2D eigenvalue weighted by Gasteiger charge is -2.37. The summed E-state index contributed by atoms with van der Waals surface area (Å²) in [7, 11) is 1.55. The Bertz CT molecular complexity index is 1180. The zero-order valence-electron chi connectivity index (χ0n) is 19.1. The van der Waals surface area contributed by atoms with Crippen LogP contribution in [0.4, 0.5) is 0 Å². The summed E-state index contributed by atoms with van der Waals surface area (Å²) in [6.07, 6.45) is 5.88. The average Bonchev–Trinajstić information content (AvgIpc) is 3.17. The van der Waals surface area contributed by atoms with Gasteiger partial charge in [-0.05, 0) is 23.8 Å². The molecule has 0 amide bonds. The summed E-state index contributed by atoms with van der Waals surface area (Å²) < 4.78 is 6.93. The van der Waals surface area contributed by atoms with Crippen LogP contribution in [0.3, 0.4) is 0 Å². The van der Waals surface area contributed by atoms with Crippen LogP contribution in [0.1, 0.15) is 17.2 Å². The van der Waals surface area contributed by atoms with E-state index < -0.39 is 18.0 Å². The lowest BCUT2D eigenvalue weighted by molar-refractivity contribution is -0.144. The van der Waals surface area contributed by atoms with E-state index in [0.717, 1.165) is 25.2 Å². The van der Waals surface area contributed by atoms with Crippen molar-refractivity contribution in [1.82, 2.24) is 14.4 Å². The van der Waals surface area contributed by atoms with Crippen molar-refractivity contribution < 1.29 is 24.5 Å². The summed E-state index contributed by atoms with van der Waals surface area (Å²) in [4.78, 5) is 28.1. The van der Waals surface area contributed by atoms with Crippen molar-refractivity contribution in [2.24, 2.45) is 0 Å². The van der Waals surface area contributed by atoms with E-state index in [-0.39, 0.29) is 6.54 Å². The van der Waals surface area contributed by atoms with E-state index in [1.165, 1.54) is 0 Å². The number of rotatable bonds is 9. The number of aliphatic carboxylic acids is 2. The fraction of sp³-hybridized carbons (Fsp3) is 0.308. The summed E-state index contributed by atoms with van der Waals surface area (Å²) in [5.74, 6) is -1.33. The number of carboxylic acid groups (broad SMARTS) is 2. The Labute approximate surface area is 198 Å². The van der Waals surface area contributed by atoms with Gasteiger partial charge in [0.05, 0.1) is 7.11 Å². The third kappa shape index (κ3) is 5.30. The van der Waals surface area contributed by atoms with Crippen molar-refractivity contribution in [2.75, 3.05) is 39.8 Å². The van der Waals surface area contributed by atoms with Crippen LogP contribution in [0, 0.1) is 0 Å². The first-order valence-electron chi connectivity index (χ1n) is 11.3. The van der Waals surface area contributed by atoms with Crippen molar-refractivity contribution in [3.8, 4) is 5.75 Å². The van der Waals surface area contributed by atoms with Crippen LogP contribution >= 0.6 is 0 Å². The molecule has 34 heavy (non-hydrogen) atoms. The first kappa shape index (κ1) is 23.5. The maximum Gasteiger partial charge on any atom is 0.325 e. The van der Waals surface area contributed by atoms with Gasteiger partial charge in [0.15, 0.2) is 0 Å². The van der Waals surface area contributed by atoms with Gasteiger partial charge in [-0.25, -0.2) is 0 Å². The van der Waals surface area contributed by atoms with Gasteiger partial charge in [-0.2, -0.15) is 0 Å².